The molecule has 21 heavy (non-hydrogen) atoms. The van der Waals surface area contributed by atoms with Crippen molar-refractivity contribution in [1.29, 1.82) is 0 Å². The Morgan fingerprint density at radius 3 is 2.48 bits per heavy atom. The van der Waals surface area contributed by atoms with Crippen LogP contribution < -0.4 is 4.28 Å². The second kappa shape index (κ2) is 4.86. The minimum absolute atomic E-state index is 0.108. The summed E-state index contributed by atoms with van der Waals surface area (Å²) in [5, 5.41) is 19.6. The molecule has 118 valence electrons. The Bertz CT molecular complexity index is 690. The summed E-state index contributed by atoms with van der Waals surface area (Å²) in [6, 6.07) is 0. The highest BCUT2D eigenvalue weighted by Gasteiger charge is 2.50. The van der Waals surface area contributed by atoms with Crippen molar-refractivity contribution in [2.24, 2.45) is 0 Å². The zero-order valence-electron chi connectivity index (χ0n) is 10.8. The van der Waals surface area contributed by atoms with E-state index in [1.54, 1.807) is 19.1 Å². The normalized spacial score (nSPS) is 19.1. The van der Waals surface area contributed by atoms with E-state index in [-0.39, 0.29) is 28.2 Å². The molecule has 1 atom stereocenters. The molecule has 0 amide bonds. The van der Waals surface area contributed by atoms with Crippen LogP contribution in [-0.2, 0) is 16.5 Å². The van der Waals surface area contributed by atoms with Crippen LogP contribution >= 0.6 is 0 Å². The van der Waals surface area contributed by atoms with Gasteiger partial charge < -0.3 is 10.2 Å². The lowest BCUT2D eigenvalue weighted by molar-refractivity contribution is -0.0554. The first-order valence-electron chi connectivity index (χ1n) is 5.89. The molecule has 1 heterocycles. The van der Waals surface area contributed by atoms with Gasteiger partial charge in [-0.2, -0.15) is 21.6 Å². The molecule has 1 aromatic rings. The lowest BCUT2D eigenvalue weighted by Gasteiger charge is -2.12. The molecule has 0 radical (unpaired) electrons. The minimum atomic E-state index is -5.99. The van der Waals surface area contributed by atoms with Gasteiger partial charge in [0.05, 0.1) is 0 Å². The van der Waals surface area contributed by atoms with Gasteiger partial charge in [0.2, 0.25) is 11.8 Å². The Morgan fingerprint density at radius 1 is 1.33 bits per heavy atom. The minimum Gasteiger partial charge on any atom is -0.492 e. The van der Waals surface area contributed by atoms with Gasteiger partial charge in [-0.05, 0) is 19.8 Å². The maximum atomic E-state index is 12.3. The summed E-state index contributed by atoms with van der Waals surface area (Å²) < 4.78 is 62.4. The van der Waals surface area contributed by atoms with E-state index in [4.69, 9.17) is 0 Å². The first-order chi connectivity index (χ1) is 9.60. The van der Waals surface area contributed by atoms with Crippen LogP contribution in [0.5, 0.6) is 11.8 Å². The standard InChI is InChI=1S/C11H12F3NO5S/c1-2-3-6-4-5-7-8(6)10(17)15(9(7)16)20-21(18,19)11(12,13)14/h2-3,6,16-17H,4-5H2,1H3. The Balaban J connectivity index is 2.48. The van der Waals surface area contributed by atoms with E-state index in [0.29, 0.717) is 6.42 Å². The summed E-state index contributed by atoms with van der Waals surface area (Å²) in [4.78, 5) is 0. The number of rotatable bonds is 3. The van der Waals surface area contributed by atoms with Crippen LogP contribution in [0, 0.1) is 0 Å². The van der Waals surface area contributed by atoms with Crippen molar-refractivity contribution in [1.82, 2.24) is 4.73 Å². The number of aromatic nitrogens is 1. The SMILES string of the molecule is CC=CC1CCc2c1c(O)n(OS(=O)(=O)C(F)(F)F)c2O. The number of allylic oxidation sites excluding steroid dienone is 2. The summed E-state index contributed by atoms with van der Waals surface area (Å²) >= 11 is 0. The second-order valence-electron chi connectivity index (χ2n) is 4.48. The van der Waals surface area contributed by atoms with Crippen molar-refractivity contribution in [3.63, 3.8) is 0 Å². The number of nitrogens with zero attached hydrogens (tertiary/aromatic N) is 1. The molecule has 0 aliphatic heterocycles. The van der Waals surface area contributed by atoms with Crippen LogP contribution in [-0.4, -0.2) is 28.9 Å². The predicted octanol–water partition coefficient (Wildman–Crippen LogP) is 1.78. The van der Waals surface area contributed by atoms with Crippen molar-refractivity contribution in [2.45, 2.75) is 31.2 Å². The van der Waals surface area contributed by atoms with E-state index in [9.17, 15) is 31.8 Å². The van der Waals surface area contributed by atoms with Crippen molar-refractivity contribution < 1.29 is 36.1 Å². The number of halogens is 3. The molecule has 6 nitrogen and oxygen atoms in total. The van der Waals surface area contributed by atoms with E-state index >= 15 is 0 Å². The monoisotopic (exact) mass is 327 g/mol. The number of hydrogen-bond acceptors (Lipinski definition) is 5. The van der Waals surface area contributed by atoms with Gasteiger partial charge >= 0.3 is 15.6 Å². The van der Waals surface area contributed by atoms with Gasteiger partial charge in [0.25, 0.3) is 0 Å². The maximum Gasteiger partial charge on any atom is 0.536 e. The van der Waals surface area contributed by atoms with Crippen molar-refractivity contribution in [3.05, 3.63) is 23.3 Å². The molecule has 0 fully saturated rings. The third-order valence-corrected chi connectivity index (χ3v) is 4.09. The molecule has 0 aromatic carbocycles. The Hall–Kier alpha value is -1.84. The number of hydrogen-bond donors (Lipinski definition) is 2. The predicted molar refractivity (Wildman–Crippen MR) is 65.2 cm³/mol. The van der Waals surface area contributed by atoms with Crippen LogP contribution in [0.2, 0.25) is 0 Å². The van der Waals surface area contributed by atoms with Gasteiger partial charge in [0.1, 0.15) is 0 Å². The second-order valence-corrected chi connectivity index (χ2v) is 6.00. The molecule has 0 spiro atoms. The zero-order chi connectivity index (χ0) is 16.0. The molecule has 0 bridgehead atoms. The molecular weight excluding hydrogens is 315 g/mol. The van der Waals surface area contributed by atoms with E-state index in [1.807, 2.05) is 0 Å². The van der Waals surface area contributed by atoms with Crippen LogP contribution in [0.25, 0.3) is 0 Å². The molecule has 1 unspecified atom stereocenters. The van der Waals surface area contributed by atoms with Gasteiger partial charge in [-0.1, -0.05) is 16.9 Å². The highest BCUT2D eigenvalue weighted by atomic mass is 32.2. The molecule has 1 aliphatic rings. The fraction of sp³-hybridized carbons (Fsp3) is 0.455. The average molecular weight is 327 g/mol. The molecule has 1 aliphatic carbocycles. The van der Waals surface area contributed by atoms with E-state index in [1.165, 1.54) is 0 Å². The van der Waals surface area contributed by atoms with Gasteiger partial charge in [-0.15, -0.1) is 0 Å². The highest BCUT2D eigenvalue weighted by molar-refractivity contribution is 7.87. The summed E-state index contributed by atoms with van der Waals surface area (Å²) in [6.45, 7) is 1.72. The summed E-state index contributed by atoms with van der Waals surface area (Å²) in [6.07, 6.45) is 4.20. The quantitative estimate of drug-likeness (QED) is 0.652. The summed E-state index contributed by atoms with van der Waals surface area (Å²) in [5.74, 6) is -2.02. The molecular formula is C11H12F3NO5S. The first-order valence-corrected chi connectivity index (χ1v) is 7.30. The maximum absolute atomic E-state index is 12.3. The summed E-state index contributed by atoms with van der Waals surface area (Å²) in [5.41, 5.74) is -5.32. The Labute approximate surface area is 118 Å². The molecule has 1 aromatic heterocycles. The highest BCUT2D eigenvalue weighted by Crippen LogP contribution is 2.46. The smallest absolute Gasteiger partial charge is 0.492 e. The van der Waals surface area contributed by atoms with Gasteiger partial charge in [0, 0.05) is 17.0 Å². The molecule has 10 heteroatoms. The molecule has 2 rings (SSSR count). The van der Waals surface area contributed by atoms with Gasteiger partial charge in [-0.25, -0.2) is 0 Å². The third-order valence-electron chi connectivity index (χ3n) is 3.18. The lowest BCUT2D eigenvalue weighted by Crippen LogP contribution is -2.32. The fourth-order valence-electron chi connectivity index (χ4n) is 2.30. The van der Waals surface area contributed by atoms with Gasteiger partial charge in [-0.3, -0.25) is 4.28 Å². The lowest BCUT2D eigenvalue weighted by atomic mass is 10.0. The third kappa shape index (κ3) is 2.43. The average Bonchev–Trinajstić information content (AvgIpc) is 2.85. The Morgan fingerprint density at radius 2 is 1.95 bits per heavy atom. The Kier molecular flexibility index (Phi) is 3.60. The molecule has 0 saturated carbocycles. The molecule has 2 N–H and O–H groups in total. The van der Waals surface area contributed by atoms with Crippen LogP contribution in [0.15, 0.2) is 12.2 Å². The van der Waals surface area contributed by atoms with Gasteiger partial charge in [0.15, 0.2) is 0 Å². The fourth-order valence-corrected chi connectivity index (χ4v) is 2.73. The van der Waals surface area contributed by atoms with E-state index in [2.05, 4.69) is 4.28 Å². The number of aromatic hydroxyl groups is 2. The number of alkyl halides is 3. The zero-order valence-corrected chi connectivity index (χ0v) is 11.6. The largest absolute Gasteiger partial charge is 0.536 e. The van der Waals surface area contributed by atoms with Crippen LogP contribution in [0.3, 0.4) is 0 Å². The van der Waals surface area contributed by atoms with Crippen molar-refractivity contribution in [2.75, 3.05) is 0 Å². The van der Waals surface area contributed by atoms with E-state index < -0.39 is 27.4 Å². The van der Waals surface area contributed by atoms with Crippen molar-refractivity contribution >= 4 is 10.1 Å². The van der Waals surface area contributed by atoms with Crippen molar-refractivity contribution in [3.8, 4) is 11.8 Å². The van der Waals surface area contributed by atoms with Crippen LogP contribution in [0.4, 0.5) is 13.2 Å². The topological polar surface area (TPSA) is 88.8 Å². The van der Waals surface area contributed by atoms with E-state index in [0.717, 1.165) is 0 Å². The number of fused-ring (bicyclic) bond motifs is 1. The molecule has 0 saturated heterocycles. The first kappa shape index (κ1) is 15.5. The van der Waals surface area contributed by atoms with Crippen LogP contribution in [0.1, 0.15) is 30.4 Å². The summed E-state index contributed by atoms with van der Waals surface area (Å²) in [7, 11) is -5.99.